The largest absolute Gasteiger partial charge is 0.444 e. The van der Waals surface area contributed by atoms with Crippen LogP contribution in [0.2, 0.25) is 0 Å². The normalized spacial score (nSPS) is 19.7. The van der Waals surface area contributed by atoms with Crippen LogP contribution >= 0.6 is 0 Å². The zero-order valence-corrected chi connectivity index (χ0v) is 14.7. The van der Waals surface area contributed by atoms with Gasteiger partial charge in [0.05, 0.1) is 0 Å². The monoisotopic (exact) mass is 319 g/mol. The number of carbonyl (C=O) groups excluding carboxylic acids is 1. The van der Waals surface area contributed by atoms with Crippen LogP contribution in [-0.4, -0.2) is 53.7 Å². The number of piperazine rings is 1. The van der Waals surface area contributed by atoms with Gasteiger partial charge in [0.2, 0.25) is 0 Å². The highest BCUT2D eigenvalue weighted by Gasteiger charge is 2.31. The second kappa shape index (κ2) is 7.32. The fraction of sp³-hybridized carbons (Fsp3) is 0.611. The van der Waals surface area contributed by atoms with Gasteiger partial charge >= 0.3 is 6.09 Å². The number of nitrogens with zero attached hydrogens (tertiary/aromatic N) is 2. The van der Waals surface area contributed by atoms with Crippen LogP contribution in [0.3, 0.4) is 0 Å². The molecule has 2 rings (SSSR count). The van der Waals surface area contributed by atoms with Crippen LogP contribution in [0.1, 0.15) is 31.9 Å². The van der Waals surface area contributed by atoms with Gasteiger partial charge < -0.3 is 15.4 Å². The number of rotatable bonds is 3. The highest BCUT2D eigenvalue weighted by Crippen LogP contribution is 2.17. The lowest BCUT2D eigenvalue weighted by atomic mass is 10.1. The molecule has 0 aromatic heterocycles. The molecule has 1 aliphatic rings. The third-order valence-corrected chi connectivity index (χ3v) is 4.00. The Labute approximate surface area is 139 Å². The number of benzene rings is 1. The second-order valence-electron chi connectivity index (χ2n) is 7.28. The van der Waals surface area contributed by atoms with Crippen molar-refractivity contribution in [1.29, 1.82) is 0 Å². The maximum Gasteiger partial charge on any atom is 0.410 e. The van der Waals surface area contributed by atoms with Gasteiger partial charge in [0.15, 0.2) is 0 Å². The van der Waals surface area contributed by atoms with Crippen LogP contribution in [0.5, 0.6) is 0 Å². The Morgan fingerprint density at radius 2 is 2.09 bits per heavy atom. The zero-order valence-electron chi connectivity index (χ0n) is 14.7. The summed E-state index contributed by atoms with van der Waals surface area (Å²) in [6.07, 6.45) is -0.244. The van der Waals surface area contributed by atoms with E-state index in [-0.39, 0.29) is 12.1 Å². The van der Waals surface area contributed by atoms with Crippen LogP contribution in [0.4, 0.5) is 4.79 Å². The predicted molar refractivity (Wildman–Crippen MR) is 92.2 cm³/mol. The van der Waals surface area contributed by atoms with Gasteiger partial charge in [-0.3, -0.25) is 4.90 Å². The van der Waals surface area contributed by atoms with Crippen molar-refractivity contribution in [2.45, 2.75) is 45.9 Å². The average molecular weight is 319 g/mol. The first kappa shape index (κ1) is 17.8. The van der Waals surface area contributed by atoms with Crippen molar-refractivity contribution in [2.24, 2.45) is 5.73 Å². The quantitative estimate of drug-likeness (QED) is 0.929. The first-order valence-corrected chi connectivity index (χ1v) is 8.26. The number of hydrogen-bond acceptors (Lipinski definition) is 4. The van der Waals surface area contributed by atoms with Crippen molar-refractivity contribution in [3.05, 3.63) is 35.4 Å². The van der Waals surface area contributed by atoms with Crippen LogP contribution < -0.4 is 5.73 Å². The maximum absolute atomic E-state index is 12.2. The van der Waals surface area contributed by atoms with Gasteiger partial charge in [-0.1, -0.05) is 29.8 Å². The van der Waals surface area contributed by atoms with Gasteiger partial charge in [0.1, 0.15) is 5.60 Å². The summed E-state index contributed by atoms with van der Waals surface area (Å²) in [5.74, 6) is 0. The molecule has 1 heterocycles. The minimum Gasteiger partial charge on any atom is -0.444 e. The molecule has 5 heteroatoms. The lowest BCUT2D eigenvalue weighted by Crippen LogP contribution is -2.57. The van der Waals surface area contributed by atoms with Gasteiger partial charge in [-0.05, 0) is 33.3 Å². The Bertz CT molecular complexity index is 539. The van der Waals surface area contributed by atoms with E-state index in [4.69, 9.17) is 10.5 Å². The Morgan fingerprint density at radius 3 is 2.70 bits per heavy atom. The van der Waals surface area contributed by atoms with Crippen molar-refractivity contribution in [2.75, 3.05) is 26.2 Å². The van der Waals surface area contributed by atoms with Gasteiger partial charge in [-0.2, -0.15) is 0 Å². The molecule has 0 saturated carbocycles. The number of carbonyl (C=O) groups is 1. The van der Waals surface area contributed by atoms with Crippen molar-refractivity contribution >= 4 is 6.09 Å². The molecule has 1 unspecified atom stereocenters. The fourth-order valence-electron chi connectivity index (χ4n) is 2.86. The van der Waals surface area contributed by atoms with E-state index in [2.05, 4.69) is 36.1 Å². The minimum atomic E-state index is -0.464. The molecule has 23 heavy (non-hydrogen) atoms. The number of hydrogen-bond donors (Lipinski definition) is 1. The fourth-order valence-corrected chi connectivity index (χ4v) is 2.86. The lowest BCUT2D eigenvalue weighted by molar-refractivity contribution is 0.00353. The minimum absolute atomic E-state index is 0.164. The standard InChI is InChI=1S/C18H29N3O2/c1-14-6-5-7-15(10-14)12-20-8-9-21(13-16(20)11-19)17(22)23-18(2,3)4/h5-7,10,16H,8-9,11-13,19H2,1-4H3. The molecule has 2 N–H and O–H groups in total. The third-order valence-electron chi connectivity index (χ3n) is 4.00. The van der Waals surface area contributed by atoms with Crippen LogP contribution in [0.15, 0.2) is 24.3 Å². The van der Waals surface area contributed by atoms with E-state index in [9.17, 15) is 4.79 Å². The molecular formula is C18H29N3O2. The van der Waals surface area contributed by atoms with E-state index in [0.717, 1.165) is 13.1 Å². The summed E-state index contributed by atoms with van der Waals surface area (Å²) in [4.78, 5) is 16.4. The van der Waals surface area contributed by atoms with Gasteiger partial charge in [-0.25, -0.2) is 4.79 Å². The van der Waals surface area contributed by atoms with Gasteiger partial charge in [0, 0.05) is 38.8 Å². The summed E-state index contributed by atoms with van der Waals surface area (Å²) in [5.41, 5.74) is 8.03. The van der Waals surface area contributed by atoms with Gasteiger partial charge in [-0.15, -0.1) is 0 Å². The lowest BCUT2D eigenvalue weighted by Gasteiger charge is -2.41. The molecule has 1 aromatic carbocycles. The van der Waals surface area contributed by atoms with E-state index in [0.29, 0.717) is 19.6 Å². The maximum atomic E-state index is 12.2. The number of amides is 1. The summed E-state index contributed by atoms with van der Waals surface area (Å²) in [5, 5.41) is 0. The SMILES string of the molecule is Cc1cccc(CN2CCN(C(=O)OC(C)(C)C)CC2CN)c1. The van der Waals surface area contributed by atoms with E-state index in [1.807, 2.05) is 20.8 Å². The van der Waals surface area contributed by atoms with Crippen LogP contribution in [0.25, 0.3) is 0 Å². The molecule has 1 amide bonds. The summed E-state index contributed by atoms with van der Waals surface area (Å²) < 4.78 is 5.47. The van der Waals surface area contributed by atoms with Crippen molar-refractivity contribution < 1.29 is 9.53 Å². The number of nitrogens with two attached hydrogens (primary N) is 1. The summed E-state index contributed by atoms with van der Waals surface area (Å²) in [6, 6.07) is 8.69. The molecule has 1 atom stereocenters. The summed E-state index contributed by atoms with van der Waals surface area (Å²) >= 11 is 0. The van der Waals surface area contributed by atoms with E-state index in [1.165, 1.54) is 11.1 Å². The molecule has 0 radical (unpaired) electrons. The Kier molecular flexibility index (Phi) is 5.65. The number of ether oxygens (including phenoxy) is 1. The first-order valence-electron chi connectivity index (χ1n) is 8.26. The van der Waals surface area contributed by atoms with E-state index in [1.54, 1.807) is 4.90 Å². The molecule has 1 saturated heterocycles. The predicted octanol–water partition coefficient (Wildman–Crippen LogP) is 2.38. The Hall–Kier alpha value is -1.59. The molecule has 5 nitrogen and oxygen atoms in total. The molecule has 128 valence electrons. The summed E-state index contributed by atoms with van der Waals surface area (Å²) in [7, 11) is 0. The second-order valence-corrected chi connectivity index (χ2v) is 7.28. The Morgan fingerprint density at radius 1 is 1.35 bits per heavy atom. The van der Waals surface area contributed by atoms with Crippen molar-refractivity contribution in [3.63, 3.8) is 0 Å². The zero-order chi connectivity index (χ0) is 17.0. The Balaban J connectivity index is 1.97. The highest BCUT2D eigenvalue weighted by molar-refractivity contribution is 5.68. The van der Waals surface area contributed by atoms with E-state index < -0.39 is 5.60 Å². The smallest absolute Gasteiger partial charge is 0.410 e. The van der Waals surface area contributed by atoms with Crippen LogP contribution in [0, 0.1) is 6.92 Å². The molecule has 0 aliphatic carbocycles. The first-order chi connectivity index (χ1) is 10.8. The molecule has 1 aromatic rings. The third kappa shape index (κ3) is 5.22. The molecule has 1 fully saturated rings. The molecule has 0 bridgehead atoms. The average Bonchev–Trinajstić information content (AvgIpc) is 2.46. The van der Waals surface area contributed by atoms with E-state index >= 15 is 0 Å². The van der Waals surface area contributed by atoms with Crippen LogP contribution in [-0.2, 0) is 11.3 Å². The van der Waals surface area contributed by atoms with Crippen molar-refractivity contribution in [1.82, 2.24) is 9.80 Å². The molecule has 1 aliphatic heterocycles. The molecular weight excluding hydrogens is 290 g/mol. The van der Waals surface area contributed by atoms with Crippen molar-refractivity contribution in [3.8, 4) is 0 Å². The highest BCUT2D eigenvalue weighted by atomic mass is 16.6. The summed E-state index contributed by atoms with van der Waals surface area (Å²) in [6.45, 7) is 11.3. The molecule has 0 spiro atoms. The topological polar surface area (TPSA) is 58.8 Å². The number of aryl methyl sites for hydroxylation is 1. The van der Waals surface area contributed by atoms with Gasteiger partial charge in [0.25, 0.3) is 0 Å².